The van der Waals surface area contributed by atoms with Crippen LogP contribution in [-0.2, 0) is 19.2 Å². The quantitative estimate of drug-likeness (QED) is 0.206. The Hall–Kier alpha value is -4.71. The van der Waals surface area contributed by atoms with Crippen molar-refractivity contribution in [1.82, 2.24) is 0 Å². The molecule has 0 spiro atoms. The van der Waals surface area contributed by atoms with Gasteiger partial charge in [-0.25, -0.2) is 0 Å². The molecular formula is C23H26N6O6+2. The van der Waals surface area contributed by atoms with Gasteiger partial charge in [-0.15, -0.1) is 0 Å². The van der Waals surface area contributed by atoms with Gasteiger partial charge in [-0.05, 0) is 24.3 Å². The van der Waals surface area contributed by atoms with Crippen LogP contribution in [0.4, 0.5) is 22.7 Å². The molecular weight excluding hydrogens is 456 g/mol. The van der Waals surface area contributed by atoms with Gasteiger partial charge < -0.3 is 31.5 Å². The Kier molecular flexibility index (Phi) is 7.46. The molecule has 0 bridgehead atoms. The Morgan fingerprint density at radius 1 is 0.771 bits per heavy atom. The van der Waals surface area contributed by atoms with E-state index >= 15 is 0 Å². The van der Waals surface area contributed by atoms with Crippen molar-refractivity contribution in [3.05, 3.63) is 48.8 Å². The molecule has 1 heterocycles. The lowest BCUT2D eigenvalue weighted by Crippen LogP contribution is -2.64. The number of anilines is 4. The van der Waals surface area contributed by atoms with E-state index in [-0.39, 0.29) is 52.3 Å². The van der Waals surface area contributed by atoms with E-state index in [1.165, 1.54) is 50.2 Å². The van der Waals surface area contributed by atoms with Crippen molar-refractivity contribution in [3.63, 3.8) is 0 Å². The van der Waals surface area contributed by atoms with E-state index in [1.807, 2.05) is 0 Å². The second-order valence-corrected chi connectivity index (χ2v) is 7.95. The van der Waals surface area contributed by atoms with Gasteiger partial charge in [0, 0.05) is 37.4 Å². The minimum atomic E-state index is -0.425. The van der Waals surface area contributed by atoms with Gasteiger partial charge in [0.1, 0.15) is 11.5 Å². The van der Waals surface area contributed by atoms with Crippen molar-refractivity contribution in [2.45, 2.75) is 13.8 Å². The molecule has 12 heteroatoms. The molecule has 0 saturated heterocycles. The number of phenolic OH excluding ortho intramolecular Hbond substituents is 2. The summed E-state index contributed by atoms with van der Waals surface area (Å²) in [5.41, 5.74) is 1.06. The van der Waals surface area contributed by atoms with E-state index in [1.54, 1.807) is 18.7 Å². The smallest absolute Gasteiger partial charge is 0.336 e. The van der Waals surface area contributed by atoms with Crippen LogP contribution in [0.1, 0.15) is 13.8 Å². The zero-order valence-electron chi connectivity index (χ0n) is 19.1. The average molecular weight is 482 g/mol. The lowest BCUT2D eigenvalue weighted by molar-refractivity contribution is -0.770. The maximum absolute atomic E-state index is 12.7. The fraction of sp³-hybridized carbons (Fsp3) is 0.174. The average Bonchev–Trinajstić information content (AvgIpc) is 3.19. The Balaban J connectivity index is 1.63. The minimum absolute atomic E-state index is 0.127. The molecule has 12 nitrogen and oxygen atoms in total. The number of benzene rings is 2. The van der Waals surface area contributed by atoms with Crippen molar-refractivity contribution in [3.8, 4) is 11.5 Å². The highest BCUT2D eigenvalue weighted by atomic mass is 16.3. The first-order valence-electron chi connectivity index (χ1n) is 10.5. The standard InChI is InChI=1S/C23H24N6O6/c1-14(30)25-18-5-3-16(9-20(18)32)27-22(34)11-29(8-7-24-13-29)12-23(35)28-17-4-6-19(21(33)10-17)26-15(2)31/h3-10,13H,11-12H2,1-2H3,(H5-,25,26,27,28,30,31,32,33,34,35)/p+2. The number of phenols is 2. The first kappa shape index (κ1) is 24.9. The Morgan fingerprint density at radius 2 is 1.23 bits per heavy atom. The van der Waals surface area contributed by atoms with E-state index < -0.39 is 11.8 Å². The van der Waals surface area contributed by atoms with Crippen LogP contribution in [-0.4, -0.2) is 57.8 Å². The number of quaternary nitrogens is 1. The number of aromatic hydroxyl groups is 2. The molecule has 0 unspecified atom stereocenters. The lowest BCUT2D eigenvalue weighted by Gasteiger charge is -2.23. The molecule has 2 aromatic rings. The second kappa shape index (κ2) is 10.5. The molecule has 1 aliphatic heterocycles. The monoisotopic (exact) mass is 482 g/mol. The van der Waals surface area contributed by atoms with Crippen molar-refractivity contribution < 1.29 is 38.9 Å². The summed E-state index contributed by atoms with van der Waals surface area (Å²) in [6, 6.07) is 8.58. The third kappa shape index (κ3) is 6.88. The molecule has 0 saturated carbocycles. The normalized spacial score (nSPS) is 13.2. The molecule has 1 aliphatic rings. The topological polar surface area (TPSA) is 171 Å². The van der Waals surface area contributed by atoms with Crippen LogP contribution >= 0.6 is 0 Å². The Bertz CT molecular complexity index is 1140. The summed E-state index contributed by atoms with van der Waals surface area (Å²) < 4.78 is -0.135. The zero-order chi connectivity index (χ0) is 25.6. The third-order valence-corrected chi connectivity index (χ3v) is 4.86. The van der Waals surface area contributed by atoms with Crippen LogP contribution in [0.25, 0.3) is 0 Å². The zero-order valence-corrected chi connectivity index (χ0v) is 19.1. The molecule has 7 N–H and O–H groups in total. The summed E-state index contributed by atoms with van der Waals surface area (Å²) in [4.78, 5) is 50.6. The number of hydrogen-bond acceptors (Lipinski definition) is 6. The molecule has 0 aliphatic carbocycles. The number of amides is 4. The van der Waals surface area contributed by atoms with Crippen molar-refractivity contribution >= 4 is 52.7 Å². The first-order valence-corrected chi connectivity index (χ1v) is 10.5. The SMILES string of the molecule is CC(=O)Nc1ccc(NC(=O)C[N+]2(CC(=O)Nc3ccc(NC(C)=O)c(O)c3)C=C[NH+]=C2)cc1O. The Morgan fingerprint density at radius 3 is 1.57 bits per heavy atom. The molecule has 0 aromatic heterocycles. The highest BCUT2D eigenvalue weighted by molar-refractivity contribution is 5.96. The van der Waals surface area contributed by atoms with Gasteiger partial charge in [-0.3, -0.25) is 19.2 Å². The molecule has 35 heavy (non-hydrogen) atoms. The molecule has 3 rings (SSSR count). The largest absolute Gasteiger partial charge is 0.506 e. The third-order valence-electron chi connectivity index (χ3n) is 4.86. The maximum atomic E-state index is 12.7. The van der Waals surface area contributed by atoms with E-state index in [9.17, 15) is 29.4 Å². The summed E-state index contributed by atoms with van der Waals surface area (Å²) in [5, 5.41) is 30.3. The van der Waals surface area contributed by atoms with Gasteiger partial charge in [0.2, 0.25) is 18.0 Å². The maximum Gasteiger partial charge on any atom is 0.336 e. The fourth-order valence-corrected chi connectivity index (χ4v) is 3.42. The van der Waals surface area contributed by atoms with Gasteiger partial charge in [-0.2, -0.15) is 9.48 Å². The van der Waals surface area contributed by atoms with Crippen LogP contribution < -0.4 is 26.3 Å². The number of carbonyl (C=O) groups is 4. The van der Waals surface area contributed by atoms with E-state index in [0.29, 0.717) is 11.4 Å². The van der Waals surface area contributed by atoms with Gasteiger partial charge >= 0.3 is 6.34 Å². The van der Waals surface area contributed by atoms with Crippen LogP contribution in [0.15, 0.2) is 48.8 Å². The predicted molar refractivity (Wildman–Crippen MR) is 128 cm³/mol. The number of nitrogens with zero attached hydrogens (tertiary/aromatic N) is 1. The molecule has 0 radical (unpaired) electrons. The van der Waals surface area contributed by atoms with Crippen molar-refractivity contribution in [2.75, 3.05) is 34.4 Å². The minimum Gasteiger partial charge on any atom is -0.506 e. The lowest BCUT2D eigenvalue weighted by atomic mass is 10.2. The highest BCUT2D eigenvalue weighted by Gasteiger charge is 2.36. The van der Waals surface area contributed by atoms with Crippen LogP contribution in [0.2, 0.25) is 0 Å². The van der Waals surface area contributed by atoms with Crippen molar-refractivity contribution in [1.29, 1.82) is 0 Å². The molecule has 182 valence electrons. The molecule has 2 aromatic carbocycles. The van der Waals surface area contributed by atoms with Gasteiger partial charge in [0.15, 0.2) is 19.3 Å². The number of rotatable bonds is 8. The molecule has 0 atom stereocenters. The molecule has 4 amide bonds. The van der Waals surface area contributed by atoms with Crippen LogP contribution in [0, 0.1) is 0 Å². The summed E-state index contributed by atoms with van der Waals surface area (Å²) in [7, 11) is 0. The van der Waals surface area contributed by atoms with Gasteiger partial charge in [-0.1, -0.05) is 0 Å². The van der Waals surface area contributed by atoms with Crippen LogP contribution in [0.5, 0.6) is 11.5 Å². The fourth-order valence-electron chi connectivity index (χ4n) is 3.42. The van der Waals surface area contributed by atoms with E-state index in [0.717, 1.165) is 0 Å². The summed E-state index contributed by atoms with van der Waals surface area (Å²) in [5.74, 6) is -1.95. The Labute approximate surface area is 200 Å². The summed E-state index contributed by atoms with van der Waals surface area (Å²) >= 11 is 0. The van der Waals surface area contributed by atoms with Gasteiger partial charge in [0.25, 0.3) is 11.8 Å². The van der Waals surface area contributed by atoms with Crippen LogP contribution in [0.3, 0.4) is 0 Å². The van der Waals surface area contributed by atoms with E-state index in [4.69, 9.17) is 0 Å². The summed E-state index contributed by atoms with van der Waals surface area (Å²) in [6.45, 7) is 2.37. The summed E-state index contributed by atoms with van der Waals surface area (Å²) in [6.07, 6.45) is 4.82. The van der Waals surface area contributed by atoms with E-state index in [2.05, 4.69) is 26.3 Å². The number of hydrogen-bond donors (Lipinski definition) is 7. The number of carbonyl (C=O) groups excluding carboxylic acids is 4. The van der Waals surface area contributed by atoms with Gasteiger partial charge in [0.05, 0.1) is 11.4 Å². The number of nitrogens with one attached hydrogen (secondary N) is 5. The van der Waals surface area contributed by atoms with Crippen molar-refractivity contribution in [2.24, 2.45) is 0 Å². The molecule has 0 fully saturated rings. The predicted octanol–water partition coefficient (Wildman–Crippen LogP) is 0.00230. The second-order valence-electron chi connectivity index (χ2n) is 7.95. The highest BCUT2D eigenvalue weighted by Crippen LogP contribution is 2.28. The first-order chi connectivity index (χ1) is 16.5.